The van der Waals surface area contributed by atoms with Crippen molar-refractivity contribution in [1.29, 1.82) is 0 Å². The topological polar surface area (TPSA) is 74.2 Å². The Kier molecular flexibility index (Phi) is 3.20. The van der Waals surface area contributed by atoms with E-state index in [0.717, 1.165) is 0 Å². The van der Waals surface area contributed by atoms with Crippen LogP contribution in [0.3, 0.4) is 0 Å². The van der Waals surface area contributed by atoms with Crippen LogP contribution in [0.4, 0.5) is 24.8 Å². The van der Waals surface area contributed by atoms with Gasteiger partial charge < -0.3 is 16.2 Å². The van der Waals surface area contributed by atoms with Crippen LogP contribution < -0.4 is 16.2 Å². The number of nitrogens with two attached hydrogens (primary N) is 2. The van der Waals surface area contributed by atoms with Crippen molar-refractivity contribution in [2.24, 2.45) is 0 Å². The molecule has 0 aliphatic heterocycles. The minimum atomic E-state index is -4.71. The molecule has 1 aromatic carbocycles. The molecule has 4 N–H and O–H groups in total. The molecular formula is C12H10F3N3O. The van der Waals surface area contributed by atoms with Gasteiger partial charge in [-0.1, -0.05) is 12.1 Å². The van der Waals surface area contributed by atoms with Crippen molar-refractivity contribution in [1.82, 2.24) is 4.98 Å². The van der Waals surface area contributed by atoms with Crippen molar-refractivity contribution in [2.75, 3.05) is 11.5 Å². The van der Waals surface area contributed by atoms with E-state index < -0.39 is 6.36 Å². The van der Waals surface area contributed by atoms with E-state index in [2.05, 4.69) is 9.72 Å². The van der Waals surface area contributed by atoms with Crippen LogP contribution in [-0.4, -0.2) is 11.3 Å². The van der Waals surface area contributed by atoms with E-state index in [-0.39, 0.29) is 17.4 Å². The molecule has 7 heteroatoms. The Morgan fingerprint density at radius 2 is 1.58 bits per heavy atom. The van der Waals surface area contributed by atoms with Crippen LogP contribution >= 0.6 is 0 Å². The number of nitrogen functional groups attached to an aromatic ring is 2. The third-order valence-electron chi connectivity index (χ3n) is 2.35. The normalized spacial score (nSPS) is 11.3. The van der Waals surface area contributed by atoms with Crippen LogP contribution in [-0.2, 0) is 0 Å². The molecule has 2 rings (SSSR count). The Hall–Kier alpha value is -2.44. The molecule has 0 atom stereocenters. The van der Waals surface area contributed by atoms with Crippen molar-refractivity contribution in [2.45, 2.75) is 6.36 Å². The number of rotatable bonds is 2. The second-order valence-electron chi connectivity index (χ2n) is 3.74. The van der Waals surface area contributed by atoms with Crippen molar-refractivity contribution in [3.05, 3.63) is 36.4 Å². The quantitative estimate of drug-likeness (QED) is 0.879. The summed E-state index contributed by atoms with van der Waals surface area (Å²) < 4.78 is 39.8. The van der Waals surface area contributed by atoms with E-state index >= 15 is 0 Å². The molecule has 0 aliphatic rings. The molecule has 100 valence electrons. The van der Waals surface area contributed by atoms with Gasteiger partial charge in [0.15, 0.2) is 0 Å². The second-order valence-corrected chi connectivity index (χ2v) is 3.74. The predicted octanol–water partition coefficient (Wildman–Crippen LogP) is 2.81. The Bertz CT molecular complexity index is 582. The first kappa shape index (κ1) is 13.0. The molecular weight excluding hydrogens is 259 g/mol. The van der Waals surface area contributed by atoms with Gasteiger partial charge in [-0.15, -0.1) is 13.2 Å². The van der Waals surface area contributed by atoms with Crippen molar-refractivity contribution in [3.8, 4) is 16.9 Å². The van der Waals surface area contributed by atoms with Crippen LogP contribution in [0.25, 0.3) is 11.1 Å². The molecule has 1 heterocycles. The van der Waals surface area contributed by atoms with Crippen LogP contribution in [0, 0.1) is 0 Å². The first-order valence-corrected chi connectivity index (χ1v) is 5.23. The minimum absolute atomic E-state index is 0.212. The number of aromatic nitrogens is 1. The zero-order chi connectivity index (χ0) is 14.0. The van der Waals surface area contributed by atoms with Gasteiger partial charge in [-0.2, -0.15) is 0 Å². The number of hydrogen-bond donors (Lipinski definition) is 2. The summed E-state index contributed by atoms with van der Waals surface area (Å²) >= 11 is 0. The van der Waals surface area contributed by atoms with Crippen LogP contribution in [0.2, 0.25) is 0 Å². The highest BCUT2D eigenvalue weighted by atomic mass is 19.4. The van der Waals surface area contributed by atoms with Gasteiger partial charge in [-0.3, -0.25) is 0 Å². The lowest BCUT2D eigenvalue weighted by Crippen LogP contribution is -2.16. The number of benzene rings is 1. The first-order valence-electron chi connectivity index (χ1n) is 5.23. The zero-order valence-corrected chi connectivity index (χ0v) is 9.61. The molecule has 0 amide bonds. The largest absolute Gasteiger partial charge is 0.573 e. The number of alkyl halides is 3. The summed E-state index contributed by atoms with van der Waals surface area (Å²) in [5.74, 6) is 0.195. The lowest BCUT2D eigenvalue weighted by molar-refractivity contribution is -0.274. The molecule has 0 fully saturated rings. The molecule has 1 aromatic heterocycles. The van der Waals surface area contributed by atoms with Gasteiger partial charge in [0.2, 0.25) is 0 Å². The average molecular weight is 269 g/mol. The summed E-state index contributed by atoms with van der Waals surface area (Å²) in [6.45, 7) is 0. The summed E-state index contributed by atoms with van der Waals surface area (Å²) in [4.78, 5) is 3.88. The van der Waals surface area contributed by atoms with Gasteiger partial charge in [0.05, 0.1) is 0 Å². The Morgan fingerprint density at radius 1 is 0.947 bits per heavy atom. The fourth-order valence-corrected chi connectivity index (χ4v) is 1.57. The summed E-state index contributed by atoms with van der Waals surface area (Å²) in [7, 11) is 0. The summed E-state index contributed by atoms with van der Waals surface area (Å²) in [6.07, 6.45) is -4.71. The lowest BCUT2D eigenvalue weighted by atomic mass is 10.1. The van der Waals surface area contributed by atoms with Gasteiger partial charge in [-0.25, -0.2) is 4.98 Å². The van der Waals surface area contributed by atoms with E-state index in [1.54, 1.807) is 12.1 Å². The maximum atomic E-state index is 12.0. The second kappa shape index (κ2) is 4.68. The van der Waals surface area contributed by atoms with Crippen molar-refractivity contribution < 1.29 is 17.9 Å². The van der Waals surface area contributed by atoms with Crippen molar-refractivity contribution >= 4 is 11.6 Å². The predicted molar refractivity (Wildman–Crippen MR) is 65.2 cm³/mol. The van der Waals surface area contributed by atoms with Crippen LogP contribution in [0.15, 0.2) is 36.4 Å². The fraction of sp³-hybridized carbons (Fsp3) is 0.0833. The van der Waals surface area contributed by atoms with Gasteiger partial charge >= 0.3 is 6.36 Å². The van der Waals surface area contributed by atoms with E-state index in [1.807, 2.05) is 0 Å². The highest BCUT2D eigenvalue weighted by Crippen LogP contribution is 2.29. The van der Waals surface area contributed by atoms with Gasteiger partial charge in [0, 0.05) is 5.56 Å². The monoisotopic (exact) mass is 269 g/mol. The van der Waals surface area contributed by atoms with E-state index in [1.165, 1.54) is 24.3 Å². The smallest absolute Gasteiger partial charge is 0.406 e. The molecule has 0 saturated heterocycles. The highest BCUT2D eigenvalue weighted by molar-refractivity contribution is 5.75. The third kappa shape index (κ3) is 3.27. The molecule has 0 spiro atoms. The highest BCUT2D eigenvalue weighted by Gasteiger charge is 2.30. The lowest BCUT2D eigenvalue weighted by Gasteiger charge is -2.10. The Balaban J connectivity index is 2.27. The molecule has 0 radical (unpaired) electrons. The fourth-order valence-electron chi connectivity index (χ4n) is 1.57. The summed E-state index contributed by atoms with van der Waals surface area (Å²) in [5, 5.41) is 0. The molecule has 0 bridgehead atoms. The van der Waals surface area contributed by atoms with E-state index in [9.17, 15) is 13.2 Å². The number of anilines is 2. The molecule has 2 aromatic rings. The Labute approximate surface area is 106 Å². The zero-order valence-electron chi connectivity index (χ0n) is 9.61. The maximum Gasteiger partial charge on any atom is 0.573 e. The van der Waals surface area contributed by atoms with Gasteiger partial charge in [-0.05, 0) is 29.8 Å². The average Bonchev–Trinajstić information content (AvgIpc) is 2.28. The van der Waals surface area contributed by atoms with Gasteiger partial charge in [0.1, 0.15) is 17.4 Å². The van der Waals surface area contributed by atoms with E-state index in [0.29, 0.717) is 11.1 Å². The summed E-state index contributed by atoms with van der Waals surface area (Å²) in [5.41, 5.74) is 12.4. The van der Waals surface area contributed by atoms with Crippen LogP contribution in [0.5, 0.6) is 5.75 Å². The first-order chi connectivity index (χ1) is 8.85. The van der Waals surface area contributed by atoms with Crippen LogP contribution in [0.1, 0.15) is 0 Å². The maximum absolute atomic E-state index is 12.0. The molecule has 0 saturated carbocycles. The number of ether oxygens (including phenoxy) is 1. The Morgan fingerprint density at radius 3 is 2.11 bits per heavy atom. The SMILES string of the molecule is Nc1ccc(-c2ccc(OC(F)(F)F)cc2)c(N)n1. The number of halogens is 3. The summed E-state index contributed by atoms with van der Waals surface area (Å²) in [6, 6.07) is 8.55. The molecule has 4 nitrogen and oxygen atoms in total. The number of pyridine rings is 1. The van der Waals surface area contributed by atoms with Gasteiger partial charge in [0.25, 0.3) is 0 Å². The number of hydrogen-bond acceptors (Lipinski definition) is 4. The standard InChI is InChI=1S/C12H10F3N3O/c13-12(14,15)19-8-3-1-7(2-4-8)9-5-6-10(16)18-11(9)17/h1-6H,(H4,16,17,18). The minimum Gasteiger partial charge on any atom is -0.406 e. The molecule has 0 unspecified atom stereocenters. The van der Waals surface area contributed by atoms with E-state index in [4.69, 9.17) is 11.5 Å². The molecule has 0 aliphatic carbocycles. The number of nitrogens with zero attached hydrogens (tertiary/aromatic N) is 1. The van der Waals surface area contributed by atoms with Crippen molar-refractivity contribution in [3.63, 3.8) is 0 Å². The molecule has 19 heavy (non-hydrogen) atoms. The third-order valence-corrected chi connectivity index (χ3v) is 2.35.